The van der Waals surface area contributed by atoms with Crippen molar-refractivity contribution in [2.45, 2.75) is 25.0 Å². The Balaban J connectivity index is 2.08. The zero-order chi connectivity index (χ0) is 7.94. The van der Waals surface area contributed by atoms with Crippen molar-refractivity contribution in [3.8, 4) is 11.8 Å². The minimum Gasteiger partial charge on any atom is -0.381 e. The highest BCUT2D eigenvalue weighted by atomic mass is 32.2. The van der Waals surface area contributed by atoms with E-state index in [1.165, 1.54) is 12.8 Å². The third-order valence-electron chi connectivity index (χ3n) is 1.74. The minimum absolute atomic E-state index is 0.796. The summed E-state index contributed by atoms with van der Waals surface area (Å²) in [5.41, 5.74) is 0. The van der Waals surface area contributed by atoms with E-state index in [1.54, 1.807) is 0 Å². The first-order valence-electron chi connectivity index (χ1n) is 4.02. The number of thioether (sulfide) groups is 1. The van der Waals surface area contributed by atoms with E-state index in [2.05, 4.69) is 11.8 Å². The fourth-order valence-electron chi connectivity index (χ4n) is 1.07. The van der Waals surface area contributed by atoms with E-state index in [0.717, 1.165) is 24.2 Å². The van der Waals surface area contributed by atoms with Crippen molar-refractivity contribution in [1.29, 1.82) is 0 Å². The maximum atomic E-state index is 5.26. The molecule has 0 saturated carbocycles. The number of ether oxygens (including phenoxy) is 1. The summed E-state index contributed by atoms with van der Waals surface area (Å²) >= 11 is 1.97. The normalized spacial score (nSPS) is 19.0. The standard InChI is InChI=1S/C9H14OS/c1-2-3-8-11-9-4-6-10-7-5-9/h9H,4-8H2,1H3. The highest BCUT2D eigenvalue weighted by Crippen LogP contribution is 2.20. The molecular formula is C9H14OS. The SMILES string of the molecule is CC#CCSC1CCOCC1. The summed E-state index contributed by atoms with van der Waals surface area (Å²) in [4.78, 5) is 0. The van der Waals surface area contributed by atoms with Crippen molar-refractivity contribution in [1.82, 2.24) is 0 Å². The monoisotopic (exact) mass is 170 g/mol. The first-order chi connectivity index (χ1) is 5.43. The summed E-state index contributed by atoms with van der Waals surface area (Å²) in [5, 5.41) is 0.796. The van der Waals surface area contributed by atoms with E-state index < -0.39 is 0 Å². The molecule has 2 heteroatoms. The van der Waals surface area contributed by atoms with E-state index in [-0.39, 0.29) is 0 Å². The van der Waals surface area contributed by atoms with Crippen LogP contribution in [-0.4, -0.2) is 24.2 Å². The van der Waals surface area contributed by atoms with Gasteiger partial charge in [-0.05, 0) is 19.8 Å². The number of hydrogen-bond acceptors (Lipinski definition) is 2. The summed E-state index contributed by atoms with van der Waals surface area (Å²) in [6.45, 7) is 3.78. The second-order valence-corrected chi connectivity index (χ2v) is 3.84. The van der Waals surface area contributed by atoms with Crippen LogP contribution in [0.3, 0.4) is 0 Å². The second kappa shape index (κ2) is 5.51. The molecule has 1 rings (SSSR count). The maximum Gasteiger partial charge on any atom is 0.0550 e. The molecular weight excluding hydrogens is 156 g/mol. The molecule has 62 valence electrons. The third-order valence-corrected chi connectivity index (χ3v) is 2.99. The molecule has 0 unspecified atom stereocenters. The Kier molecular flexibility index (Phi) is 4.49. The van der Waals surface area contributed by atoms with Gasteiger partial charge in [0.2, 0.25) is 0 Å². The zero-order valence-electron chi connectivity index (χ0n) is 6.93. The van der Waals surface area contributed by atoms with Crippen LogP contribution in [0.1, 0.15) is 19.8 Å². The van der Waals surface area contributed by atoms with Gasteiger partial charge < -0.3 is 4.74 Å². The van der Waals surface area contributed by atoms with Crippen LogP contribution >= 0.6 is 11.8 Å². The van der Waals surface area contributed by atoms with Crippen LogP contribution in [0.15, 0.2) is 0 Å². The minimum atomic E-state index is 0.796. The molecule has 1 heterocycles. The lowest BCUT2D eigenvalue weighted by Gasteiger charge is -2.20. The van der Waals surface area contributed by atoms with Crippen LogP contribution < -0.4 is 0 Å². The zero-order valence-corrected chi connectivity index (χ0v) is 7.75. The maximum absolute atomic E-state index is 5.26. The van der Waals surface area contributed by atoms with Gasteiger partial charge >= 0.3 is 0 Å². The average Bonchev–Trinajstić information content (AvgIpc) is 2.07. The van der Waals surface area contributed by atoms with E-state index in [9.17, 15) is 0 Å². The van der Waals surface area contributed by atoms with Gasteiger partial charge in [0.1, 0.15) is 0 Å². The largest absolute Gasteiger partial charge is 0.381 e. The van der Waals surface area contributed by atoms with Gasteiger partial charge in [0.15, 0.2) is 0 Å². The molecule has 0 aliphatic carbocycles. The van der Waals surface area contributed by atoms with Crippen molar-refractivity contribution in [2.24, 2.45) is 0 Å². The Morgan fingerprint density at radius 1 is 1.45 bits per heavy atom. The summed E-state index contributed by atoms with van der Waals surface area (Å²) in [6.07, 6.45) is 2.41. The summed E-state index contributed by atoms with van der Waals surface area (Å²) in [7, 11) is 0. The topological polar surface area (TPSA) is 9.23 Å². The first-order valence-corrected chi connectivity index (χ1v) is 5.07. The Morgan fingerprint density at radius 3 is 2.82 bits per heavy atom. The van der Waals surface area contributed by atoms with Gasteiger partial charge in [-0.25, -0.2) is 0 Å². The lowest BCUT2D eigenvalue weighted by molar-refractivity contribution is 0.100. The molecule has 0 aromatic heterocycles. The molecule has 0 N–H and O–H groups in total. The van der Waals surface area contributed by atoms with E-state index in [4.69, 9.17) is 4.74 Å². The molecule has 1 fully saturated rings. The van der Waals surface area contributed by atoms with Crippen molar-refractivity contribution >= 4 is 11.8 Å². The van der Waals surface area contributed by atoms with E-state index in [0.29, 0.717) is 0 Å². The van der Waals surface area contributed by atoms with E-state index in [1.807, 2.05) is 18.7 Å². The molecule has 0 atom stereocenters. The van der Waals surface area contributed by atoms with Gasteiger partial charge in [0.25, 0.3) is 0 Å². The predicted octanol–water partition coefficient (Wildman–Crippen LogP) is 1.92. The first kappa shape index (κ1) is 8.96. The molecule has 1 aliphatic heterocycles. The Morgan fingerprint density at radius 2 is 2.18 bits per heavy atom. The third kappa shape index (κ3) is 3.69. The van der Waals surface area contributed by atoms with Gasteiger partial charge in [-0.3, -0.25) is 0 Å². The van der Waals surface area contributed by atoms with E-state index >= 15 is 0 Å². The van der Waals surface area contributed by atoms with Gasteiger partial charge in [-0.2, -0.15) is 0 Å². The molecule has 0 aromatic carbocycles. The average molecular weight is 170 g/mol. The van der Waals surface area contributed by atoms with Crippen molar-refractivity contribution < 1.29 is 4.74 Å². The van der Waals surface area contributed by atoms with Crippen molar-refractivity contribution in [2.75, 3.05) is 19.0 Å². The Hall–Kier alpha value is -0.130. The van der Waals surface area contributed by atoms with Crippen LogP contribution in [0.4, 0.5) is 0 Å². The Bertz CT molecular complexity index is 151. The molecule has 1 nitrogen and oxygen atoms in total. The molecule has 0 spiro atoms. The number of rotatable bonds is 2. The quantitative estimate of drug-likeness (QED) is 0.586. The van der Waals surface area contributed by atoms with Gasteiger partial charge in [-0.1, -0.05) is 5.92 Å². The highest BCUT2D eigenvalue weighted by molar-refractivity contribution is 8.00. The molecule has 0 bridgehead atoms. The van der Waals surface area contributed by atoms with Gasteiger partial charge in [0, 0.05) is 18.5 Å². The van der Waals surface area contributed by atoms with Crippen LogP contribution in [0.2, 0.25) is 0 Å². The molecule has 0 aromatic rings. The second-order valence-electron chi connectivity index (χ2n) is 2.55. The van der Waals surface area contributed by atoms with Gasteiger partial charge in [0.05, 0.1) is 5.75 Å². The van der Waals surface area contributed by atoms with Crippen molar-refractivity contribution in [3.63, 3.8) is 0 Å². The summed E-state index contributed by atoms with van der Waals surface area (Å²) in [5.74, 6) is 6.96. The van der Waals surface area contributed by atoms with Crippen LogP contribution in [0, 0.1) is 11.8 Å². The highest BCUT2D eigenvalue weighted by Gasteiger charge is 2.12. The lowest BCUT2D eigenvalue weighted by atomic mass is 10.2. The van der Waals surface area contributed by atoms with Crippen molar-refractivity contribution in [3.05, 3.63) is 0 Å². The molecule has 1 saturated heterocycles. The molecule has 0 radical (unpaired) electrons. The molecule has 11 heavy (non-hydrogen) atoms. The van der Waals surface area contributed by atoms with Crippen LogP contribution in [-0.2, 0) is 4.74 Å². The fourth-order valence-corrected chi connectivity index (χ4v) is 2.06. The number of hydrogen-bond donors (Lipinski definition) is 0. The van der Waals surface area contributed by atoms with Crippen LogP contribution in [0.25, 0.3) is 0 Å². The predicted molar refractivity (Wildman–Crippen MR) is 49.7 cm³/mol. The summed E-state index contributed by atoms with van der Waals surface area (Å²) in [6, 6.07) is 0. The molecule has 1 aliphatic rings. The Labute approximate surface area is 72.9 Å². The van der Waals surface area contributed by atoms with Gasteiger partial charge in [-0.15, -0.1) is 17.7 Å². The summed E-state index contributed by atoms with van der Waals surface area (Å²) < 4.78 is 5.26. The smallest absolute Gasteiger partial charge is 0.0550 e. The molecule has 0 amide bonds. The van der Waals surface area contributed by atoms with Crippen LogP contribution in [0.5, 0.6) is 0 Å². The fraction of sp³-hybridized carbons (Fsp3) is 0.778. The lowest BCUT2D eigenvalue weighted by Crippen LogP contribution is -2.17.